The lowest BCUT2D eigenvalue weighted by molar-refractivity contribution is 0.748. The molecule has 1 radical (unpaired) electrons. The third kappa shape index (κ3) is 2.35. The van der Waals surface area contributed by atoms with Crippen molar-refractivity contribution in [3.63, 3.8) is 0 Å². The van der Waals surface area contributed by atoms with E-state index in [-0.39, 0.29) is 0 Å². The van der Waals surface area contributed by atoms with E-state index in [1.165, 1.54) is 23.8 Å². The van der Waals surface area contributed by atoms with E-state index in [0.717, 1.165) is 18.4 Å². The molecule has 2 aromatic rings. The third-order valence-electron chi connectivity index (χ3n) is 2.69. The number of rotatable bonds is 4. The van der Waals surface area contributed by atoms with Crippen LogP contribution in [0.3, 0.4) is 0 Å². The first-order chi connectivity index (χ1) is 7.42. The molecule has 1 nitrogen and oxygen atoms in total. The van der Waals surface area contributed by atoms with Gasteiger partial charge in [-0.15, -0.1) is 0 Å². The van der Waals surface area contributed by atoms with Crippen LogP contribution in [0.4, 0.5) is 0 Å². The van der Waals surface area contributed by atoms with Gasteiger partial charge in [0.2, 0.25) is 0 Å². The Morgan fingerprint density at radius 3 is 2.80 bits per heavy atom. The summed E-state index contributed by atoms with van der Waals surface area (Å²) in [4.78, 5) is 4.36. The number of para-hydroxylation sites is 1. The van der Waals surface area contributed by atoms with Crippen LogP contribution in [0.15, 0.2) is 36.5 Å². The summed E-state index contributed by atoms with van der Waals surface area (Å²) in [5.74, 6) is 0. The Bertz CT molecular complexity index is 429. The van der Waals surface area contributed by atoms with E-state index in [1.54, 1.807) is 0 Å². The first-order valence-corrected chi connectivity index (χ1v) is 5.53. The van der Waals surface area contributed by atoms with Crippen molar-refractivity contribution in [3.8, 4) is 0 Å². The molecule has 2 rings (SSSR count). The standard InChI is InChI=1S/C14H16N/c1-2-3-4-7-12-10-11-15-14-9-6-5-8-13(12)14/h5-6,8-11H,1-4,7H2. The van der Waals surface area contributed by atoms with Crippen molar-refractivity contribution in [3.05, 3.63) is 49.0 Å². The predicted octanol–water partition coefficient (Wildman–Crippen LogP) is 3.78. The lowest BCUT2D eigenvalue weighted by atomic mass is 10.0. The van der Waals surface area contributed by atoms with Gasteiger partial charge in [0.25, 0.3) is 0 Å². The monoisotopic (exact) mass is 198 g/mol. The first kappa shape index (κ1) is 10.2. The summed E-state index contributed by atoms with van der Waals surface area (Å²) in [7, 11) is 0. The molecule has 0 saturated carbocycles. The van der Waals surface area contributed by atoms with Crippen molar-refractivity contribution in [1.29, 1.82) is 0 Å². The lowest BCUT2D eigenvalue weighted by Gasteiger charge is -2.04. The van der Waals surface area contributed by atoms with Crippen LogP contribution < -0.4 is 0 Å². The third-order valence-corrected chi connectivity index (χ3v) is 2.69. The first-order valence-electron chi connectivity index (χ1n) is 5.53. The maximum atomic E-state index is 4.36. The molecule has 0 N–H and O–H groups in total. The zero-order valence-corrected chi connectivity index (χ0v) is 8.95. The van der Waals surface area contributed by atoms with E-state index in [9.17, 15) is 0 Å². The maximum absolute atomic E-state index is 4.36. The fourth-order valence-electron chi connectivity index (χ4n) is 1.87. The van der Waals surface area contributed by atoms with Gasteiger partial charge >= 0.3 is 0 Å². The van der Waals surface area contributed by atoms with Crippen molar-refractivity contribution in [2.24, 2.45) is 0 Å². The van der Waals surface area contributed by atoms with Crippen LogP contribution in [0.25, 0.3) is 10.9 Å². The highest BCUT2D eigenvalue weighted by atomic mass is 14.6. The molecular weight excluding hydrogens is 182 g/mol. The number of pyridine rings is 1. The summed E-state index contributed by atoms with van der Waals surface area (Å²) >= 11 is 0. The molecule has 0 aliphatic heterocycles. The SMILES string of the molecule is [CH2]CCCCc1ccnc2ccccc12. The summed E-state index contributed by atoms with van der Waals surface area (Å²) in [6.07, 6.45) is 6.50. The molecule has 0 atom stereocenters. The van der Waals surface area contributed by atoms with Crippen LogP contribution in [-0.4, -0.2) is 4.98 Å². The topological polar surface area (TPSA) is 12.9 Å². The van der Waals surface area contributed by atoms with E-state index in [0.29, 0.717) is 0 Å². The van der Waals surface area contributed by atoms with Crippen molar-refractivity contribution in [2.75, 3.05) is 0 Å². The predicted molar refractivity (Wildman–Crippen MR) is 64.7 cm³/mol. The molecule has 1 aromatic carbocycles. The fourth-order valence-corrected chi connectivity index (χ4v) is 1.87. The van der Waals surface area contributed by atoms with Crippen LogP contribution >= 0.6 is 0 Å². The molecule has 0 spiro atoms. The summed E-state index contributed by atoms with van der Waals surface area (Å²) in [6, 6.07) is 10.5. The minimum absolute atomic E-state index is 1.03. The van der Waals surface area contributed by atoms with Gasteiger partial charge in [-0.05, 0) is 30.5 Å². The van der Waals surface area contributed by atoms with E-state index in [4.69, 9.17) is 0 Å². The summed E-state index contributed by atoms with van der Waals surface area (Å²) in [5, 5.41) is 1.30. The number of hydrogen-bond acceptors (Lipinski definition) is 1. The Labute approximate surface area is 91.2 Å². The van der Waals surface area contributed by atoms with Gasteiger partial charge in [-0.25, -0.2) is 0 Å². The molecule has 15 heavy (non-hydrogen) atoms. The number of aryl methyl sites for hydroxylation is 1. The second kappa shape index (κ2) is 4.92. The van der Waals surface area contributed by atoms with Crippen LogP contribution in [0.5, 0.6) is 0 Å². The Morgan fingerprint density at radius 1 is 1.07 bits per heavy atom. The number of hydrogen-bond donors (Lipinski definition) is 0. The van der Waals surface area contributed by atoms with Gasteiger partial charge in [0.05, 0.1) is 5.52 Å². The minimum atomic E-state index is 1.03. The zero-order chi connectivity index (χ0) is 10.5. The molecule has 1 heterocycles. The number of benzene rings is 1. The minimum Gasteiger partial charge on any atom is -0.256 e. The van der Waals surface area contributed by atoms with Crippen molar-refractivity contribution in [1.82, 2.24) is 4.98 Å². The molecular formula is C14H16N. The fraction of sp³-hybridized carbons (Fsp3) is 0.286. The molecule has 1 aromatic heterocycles. The number of aromatic nitrogens is 1. The summed E-state index contributed by atoms with van der Waals surface area (Å²) in [6.45, 7) is 3.87. The molecule has 0 unspecified atom stereocenters. The number of unbranched alkanes of at least 4 members (excludes halogenated alkanes) is 2. The molecule has 0 saturated heterocycles. The van der Waals surface area contributed by atoms with E-state index in [2.05, 4.69) is 36.2 Å². The number of fused-ring (bicyclic) bond motifs is 1. The van der Waals surface area contributed by atoms with Gasteiger partial charge in [0, 0.05) is 11.6 Å². The van der Waals surface area contributed by atoms with Gasteiger partial charge in [-0.1, -0.05) is 38.0 Å². The normalized spacial score (nSPS) is 10.7. The molecule has 77 valence electrons. The van der Waals surface area contributed by atoms with Gasteiger partial charge in [0.1, 0.15) is 0 Å². The molecule has 0 aliphatic rings. The van der Waals surface area contributed by atoms with Crippen molar-refractivity contribution in [2.45, 2.75) is 25.7 Å². The van der Waals surface area contributed by atoms with Crippen LogP contribution in [0.2, 0.25) is 0 Å². The maximum Gasteiger partial charge on any atom is 0.0704 e. The van der Waals surface area contributed by atoms with E-state index < -0.39 is 0 Å². The second-order valence-electron chi connectivity index (χ2n) is 3.80. The Kier molecular flexibility index (Phi) is 3.33. The second-order valence-corrected chi connectivity index (χ2v) is 3.80. The van der Waals surface area contributed by atoms with Gasteiger partial charge in [0.15, 0.2) is 0 Å². The summed E-state index contributed by atoms with van der Waals surface area (Å²) < 4.78 is 0. The van der Waals surface area contributed by atoms with Crippen LogP contribution in [-0.2, 0) is 6.42 Å². The number of nitrogens with zero attached hydrogens (tertiary/aromatic N) is 1. The largest absolute Gasteiger partial charge is 0.256 e. The molecule has 0 amide bonds. The average molecular weight is 198 g/mol. The highest BCUT2D eigenvalue weighted by molar-refractivity contribution is 5.81. The lowest BCUT2D eigenvalue weighted by Crippen LogP contribution is -1.89. The van der Waals surface area contributed by atoms with Gasteiger partial charge in [-0.3, -0.25) is 4.98 Å². The molecule has 1 heteroatoms. The van der Waals surface area contributed by atoms with Gasteiger partial charge in [-0.2, -0.15) is 0 Å². The Morgan fingerprint density at radius 2 is 1.93 bits per heavy atom. The van der Waals surface area contributed by atoms with Gasteiger partial charge < -0.3 is 0 Å². The van der Waals surface area contributed by atoms with Crippen molar-refractivity contribution < 1.29 is 0 Å². The smallest absolute Gasteiger partial charge is 0.0704 e. The van der Waals surface area contributed by atoms with E-state index >= 15 is 0 Å². The molecule has 0 bridgehead atoms. The molecule has 0 fully saturated rings. The van der Waals surface area contributed by atoms with Crippen LogP contribution in [0.1, 0.15) is 24.8 Å². The quantitative estimate of drug-likeness (QED) is 0.681. The Hall–Kier alpha value is -1.37. The van der Waals surface area contributed by atoms with Crippen molar-refractivity contribution >= 4 is 10.9 Å². The molecule has 0 aliphatic carbocycles. The zero-order valence-electron chi connectivity index (χ0n) is 8.95. The average Bonchev–Trinajstić information content (AvgIpc) is 2.30. The van der Waals surface area contributed by atoms with Crippen LogP contribution in [0, 0.1) is 6.92 Å². The van der Waals surface area contributed by atoms with E-state index in [1.807, 2.05) is 12.3 Å². The Balaban J connectivity index is 2.26. The highest BCUT2D eigenvalue weighted by Gasteiger charge is 2.00. The highest BCUT2D eigenvalue weighted by Crippen LogP contribution is 2.18. The summed E-state index contributed by atoms with van der Waals surface area (Å²) in [5.41, 5.74) is 2.51.